The molecule has 7 heteroatoms. The molecular weight excluding hydrogens is 1050 g/mol. The van der Waals surface area contributed by atoms with E-state index in [-0.39, 0.29) is 26.5 Å². The summed E-state index contributed by atoms with van der Waals surface area (Å²) >= 11 is 0. The van der Waals surface area contributed by atoms with Crippen LogP contribution in [0.5, 0.6) is 11.5 Å². The number of anilines is 4. The topological polar surface area (TPSA) is 46.7 Å². The van der Waals surface area contributed by atoms with Crippen molar-refractivity contribution in [1.29, 1.82) is 0 Å². The third-order valence-electron chi connectivity index (χ3n) is 13.5. The molecule has 0 amide bonds. The van der Waals surface area contributed by atoms with Gasteiger partial charge in [-0.25, -0.2) is 4.98 Å². The van der Waals surface area contributed by atoms with Crippen LogP contribution >= 0.6 is 0 Å². The quantitative estimate of drug-likeness (QED) is 0.142. The normalized spacial score (nSPS) is 12.5. The Kier molecular flexibility index (Phi) is 11.0. The monoisotopic (exact) mass is 1100 g/mol. The first-order chi connectivity index (χ1) is 34.3. The molecule has 1 aliphatic rings. The Bertz CT molecular complexity index is 3910. The van der Waals surface area contributed by atoms with Gasteiger partial charge in [0.1, 0.15) is 17.0 Å². The average molecular weight is 1100 g/mol. The maximum atomic E-state index is 7.09. The van der Waals surface area contributed by atoms with Crippen LogP contribution in [-0.2, 0) is 26.5 Å². The summed E-state index contributed by atoms with van der Waals surface area (Å²) in [4.78, 5) is 9.41. The van der Waals surface area contributed by atoms with E-state index in [9.17, 15) is 0 Å². The van der Waals surface area contributed by atoms with E-state index in [0.717, 1.165) is 106 Å². The number of aromatic nitrogens is 2. The summed E-state index contributed by atoms with van der Waals surface area (Å²) < 4.78 is 15.7. The second-order valence-electron chi connectivity index (χ2n) is 18.9. The van der Waals surface area contributed by atoms with Gasteiger partial charge in [0, 0.05) is 72.1 Å². The summed E-state index contributed by atoms with van der Waals surface area (Å²) in [5.74, 6) is 1.95. The largest absolute Gasteiger partial charge is 0.509 e. The zero-order valence-electron chi connectivity index (χ0n) is 39.2. The second-order valence-corrected chi connectivity index (χ2v) is 18.9. The molecule has 0 bridgehead atoms. The molecule has 0 fully saturated rings. The molecule has 71 heavy (non-hydrogen) atoms. The first-order valence-electron chi connectivity index (χ1n) is 23.7. The Labute approximate surface area is 427 Å². The zero-order valence-corrected chi connectivity index (χ0v) is 41.5. The van der Waals surface area contributed by atoms with Gasteiger partial charge >= 0.3 is 0 Å². The molecule has 13 rings (SSSR count). The number of furan rings is 1. The number of para-hydroxylation sites is 4. The van der Waals surface area contributed by atoms with Crippen LogP contribution in [0.1, 0.15) is 26.3 Å². The van der Waals surface area contributed by atoms with Gasteiger partial charge in [0.25, 0.3) is 0 Å². The number of hydrogen-bond acceptors (Lipinski definition) is 5. The summed E-state index contributed by atoms with van der Waals surface area (Å²) in [6.45, 7) is 8.85. The van der Waals surface area contributed by atoms with Crippen LogP contribution in [0.15, 0.2) is 217 Å². The molecule has 9 aromatic carbocycles. The van der Waals surface area contributed by atoms with E-state index in [1.165, 1.54) is 5.56 Å². The van der Waals surface area contributed by atoms with Crippen molar-refractivity contribution in [2.75, 3.05) is 9.80 Å². The van der Waals surface area contributed by atoms with E-state index >= 15 is 0 Å². The van der Waals surface area contributed by atoms with Gasteiger partial charge in [-0.2, -0.15) is 6.07 Å². The molecule has 0 unspecified atom stereocenters. The molecule has 0 atom stereocenters. The van der Waals surface area contributed by atoms with Gasteiger partial charge in [-0.1, -0.05) is 160 Å². The van der Waals surface area contributed by atoms with Gasteiger partial charge in [0.2, 0.25) is 0 Å². The fourth-order valence-electron chi connectivity index (χ4n) is 10.2. The molecule has 0 aliphatic carbocycles. The second kappa shape index (κ2) is 17.7. The zero-order chi connectivity index (χ0) is 46.9. The summed E-state index contributed by atoms with van der Waals surface area (Å²) in [5.41, 5.74) is 15.2. The number of hydrogen-bond donors (Lipinski definition) is 0. The molecule has 3 aromatic heterocycles. The van der Waals surface area contributed by atoms with Gasteiger partial charge in [0.15, 0.2) is 0 Å². The van der Waals surface area contributed by atoms with Crippen LogP contribution < -0.4 is 14.5 Å². The van der Waals surface area contributed by atoms with Crippen molar-refractivity contribution in [2.24, 2.45) is 0 Å². The molecule has 346 valence electrons. The summed E-state index contributed by atoms with van der Waals surface area (Å²) in [5, 5.41) is 4.31. The van der Waals surface area contributed by atoms with E-state index in [4.69, 9.17) is 14.1 Å². The van der Waals surface area contributed by atoms with Gasteiger partial charge < -0.3 is 23.5 Å². The van der Waals surface area contributed by atoms with Crippen molar-refractivity contribution in [2.45, 2.75) is 26.2 Å². The van der Waals surface area contributed by atoms with E-state index in [2.05, 4.69) is 236 Å². The summed E-state index contributed by atoms with van der Waals surface area (Å²) in [7, 11) is 0. The fraction of sp³-hybridized carbons (Fsp3) is 0.0625. The van der Waals surface area contributed by atoms with Crippen molar-refractivity contribution < 1.29 is 30.2 Å². The molecule has 0 radical (unpaired) electrons. The van der Waals surface area contributed by atoms with Gasteiger partial charge in [-0.3, -0.25) is 0 Å². The van der Waals surface area contributed by atoms with Crippen LogP contribution in [-0.4, -0.2) is 9.55 Å². The van der Waals surface area contributed by atoms with Crippen molar-refractivity contribution in [3.8, 4) is 50.7 Å². The Morgan fingerprint density at radius 2 is 1.15 bits per heavy atom. The molecule has 0 saturated heterocycles. The van der Waals surface area contributed by atoms with E-state index in [1.54, 1.807) is 0 Å². The SMILES string of the molecule is CC(C)(C)c1ccnc(-n2c3[c-]c(Oc4[c-]c(N5[CH-]N(c6cccc7oc8ccccc8c67)c6ccccc65)cc(-c5c(-c6ccccc6)cccc5-c5ccccc5)c4)ccc3c3ccccc32)c1.[Pt]. The molecule has 4 heterocycles. The maximum absolute atomic E-state index is 7.09. The number of rotatable bonds is 8. The van der Waals surface area contributed by atoms with Crippen molar-refractivity contribution >= 4 is 66.5 Å². The van der Waals surface area contributed by atoms with Gasteiger partial charge in [-0.05, 0) is 92.7 Å². The van der Waals surface area contributed by atoms with Crippen LogP contribution in [0.3, 0.4) is 0 Å². The fourth-order valence-corrected chi connectivity index (χ4v) is 10.2. The average Bonchev–Trinajstić information content (AvgIpc) is 4.09. The molecule has 6 nitrogen and oxygen atoms in total. The molecule has 0 N–H and O–H groups in total. The number of benzene rings is 9. The Morgan fingerprint density at radius 3 is 1.90 bits per heavy atom. The molecule has 12 aromatic rings. The van der Waals surface area contributed by atoms with E-state index in [1.807, 2.05) is 30.5 Å². The summed E-state index contributed by atoms with van der Waals surface area (Å²) in [6.07, 6.45) is 1.91. The molecule has 1 aliphatic heterocycles. The van der Waals surface area contributed by atoms with Crippen molar-refractivity contribution in [3.05, 3.63) is 237 Å². The first kappa shape index (κ1) is 44.1. The van der Waals surface area contributed by atoms with E-state index < -0.39 is 0 Å². The number of pyridine rings is 1. The van der Waals surface area contributed by atoms with E-state index in [0.29, 0.717) is 11.5 Å². The Hall–Kier alpha value is -8.18. The van der Waals surface area contributed by atoms with Crippen molar-refractivity contribution in [3.63, 3.8) is 0 Å². The van der Waals surface area contributed by atoms with Crippen LogP contribution in [0.2, 0.25) is 0 Å². The first-order valence-corrected chi connectivity index (χ1v) is 23.7. The number of ether oxygens (including phenoxy) is 1. The minimum Gasteiger partial charge on any atom is -0.509 e. The number of fused-ring (bicyclic) bond motifs is 7. The minimum atomic E-state index is -0.0578. The third-order valence-corrected chi connectivity index (χ3v) is 13.5. The molecular formula is C64H45N4O2Pt-3. The predicted octanol–water partition coefficient (Wildman–Crippen LogP) is 17.2. The molecule has 0 spiro atoms. The standard InChI is InChI=1S/C64H45N4O2.Pt/c1-64(2,3)45-34-35-65-61(38-45)68-54-26-12-10-22-51(54)52-33-32-47(40-58(52)68)69-48-37-44(62-49(42-18-6-4-7-19-42)24-16-25-50(62)43-20-8-5-9-21-43)36-46(39-48)66-41-67(56-28-14-13-27-55(56)66)57-29-17-31-60-63(57)53-23-11-15-30-59(53)70-60;/h4-38,41H,1-3H3;/q-3;. The van der Waals surface area contributed by atoms with Crippen LogP contribution in [0.4, 0.5) is 22.7 Å². The van der Waals surface area contributed by atoms with Crippen LogP contribution in [0, 0.1) is 18.8 Å². The predicted molar refractivity (Wildman–Crippen MR) is 287 cm³/mol. The Balaban J connectivity index is 0.00000517. The Morgan fingerprint density at radius 1 is 0.521 bits per heavy atom. The van der Waals surface area contributed by atoms with Gasteiger partial charge in [-0.15, -0.1) is 53.6 Å². The maximum Gasteiger partial charge on any atom is 0.137 e. The van der Waals surface area contributed by atoms with Crippen molar-refractivity contribution in [1.82, 2.24) is 9.55 Å². The van der Waals surface area contributed by atoms with Gasteiger partial charge in [0.05, 0.1) is 0 Å². The minimum absolute atomic E-state index is 0. The number of nitrogens with zero attached hydrogens (tertiary/aromatic N) is 4. The molecule has 0 saturated carbocycles. The summed E-state index contributed by atoms with van der Waals surface area (Å²) in [6, 6.07) is 79.6. The smallest absolute Gasteiger partial charge is 0.137 e. The third kappa shape index (κ3) is 7.67. The van der Waals surface area contributed by atoms with Crippen LogP contribution in [0.25, 0.3) is 82.9 Å².